The summed E-state index contributed by atoms with van der Waals surface area (Å²) in [5, 5.41) is 14.1. The summed E-state index contributed by atoms with van der Waals surface area (Å²) < 4.78 is 23.8. The van der Waals surface area contributed by atoms with Gasteiger partial charge in [0.2, 0.25) is 5.91 Å². The standard InChI is InChI=1S/C62H123N2O6P/c1-6-8-10-12-14-16-18-20-22-24-26-27-28-29-30-31-32-33-34-35-36-37-38-40-42-44-46-48-50-52-54-56-62(66)63-60(59-70-71(67,68)69-58-57-64(3,4)5)61(65)55-53-51-49-47-45-43-41-39-25-23-21-19-17-15-13-11-9-7-2/h18,20,24,26,60-61,65H,6-17,19,21-23,25,27-59H2,1-5H3,(H-,63,66,67,68)/p+1/b20-18-,26-24-. The monoisotopic (exact) mass is 1020 g/mol. The quantitative estimate of drug-likeness (QED) is 0.0243. The number of amides is 1. The van der Waals surface area contributed by atoms with E-state index < -0.39 is 20.0 Å². The number of nitrogens with zero attached hydrogens (tertiary/aromatic N) is 1. The highest BCUT2D eigenvalue weighted by Crippen LogP contribution is 2.43. The number of rotatable bonds is 58. The molecule has 71 heavy (non-hydrogen) atoms. The second-order valence-corrected chi connectivity index (χ2v) is 24.2. The highest BCUT2D eigenvalue weighted by Gasteiger charge is 2.28. The van der Waals surface area contributed by atoms with Crippen LogP contribution < -0.4 is 5.32 Å². The van der Waals surface area contributed by atoms with Gasteiger partial charge in [-0.2, -0.15) is 0 Å². The van der Waals surface area contributed by atoms with Gasteiger partial charge in [0.15, 0.2) is 0 Å². The first-order valence-corrected chi connectivity index (χ1v) is 32.7. The van der Waals surface area contributed by atoms with Crippen molar-refractivity contribution >= 4 is 13.7 Å². The minimum Gasteiger partial charge on any atom is -0.391 e. The normalized spacial score (nSPS) is 14.0. The molecule has 0 spiro atoms. The van der Waals surface area contributed by atoms with Crippen LogP contribution in [0, 0.1) is 0 Å². The summed E-state index contributed by atoms with van der Waals surface area (Å²) in [6.07, 6.45) is 68.2. The maximum Gasteiger partial charge on any atom is 0.472 e. The van der Waals surface area contributed by atoms with Crippen molar-refractivity contribution in [2.45, 2.75) is 328 Å². The number of phosphoric acid groups is 1. The molecule has 8 nitrogen and oxygen atoms in total. The molecule has 0 aliphatic heterocycles. The molecular weight excluding hydrogens is 900 g/mol. The molecule has 3 unspecified atom stereocenters. The molecule has 0 saturated carbocycles. The van der Waals surface area contributed by atoms with E-state index in [4.69, 9.17) is 9.05 Å². The van der Waals surface area contributed by atoms with Crippen LogP contribution in [0.15, 0.2) is 24.3 Å². The van der Waals surface area contributed by atoms with Gasteiger partial charge in [0.1, 0.15) is 13.2 Å². The van der Waals surface area contributed by atoms with Crippen LogP contribution in [0.3, 0.4) is 0 Å². The van der Waals surface area contributed by atoms with E-state index in [1.165, 1.54) is 244 Å². The zero-order valence-electron chi connectivity index (χ0n) is 48.2. The third-order valence-corrected chi connectivity index (χ3v) is 15.4. The molecule has 9 heteroatoms. The fraction of sp³-hybridized carbons (Fsp3) is 0.919. The lowest BCUT2D eigenvalue weighted by molar-refractivity contribution is -0.870. The maximum absolute atomic E-state index is 13.0. The maximum atomic E-state index is 13.0. The smallest absolute Gasteiger partial charge is 0.391 e. The Labute approximate surface area is 443 Å². The molecule has 0 aliphatic carbocycles. The molecule has 422 valence electrons. The summed E-state index contributed by atoms with van der Waals surface area (Å²) in [7, 11) is 1.63. The Morgan fingerprint density at radius 1 is 0.479 bits per heavy atom. The van der Waals surface area contributed by atoms with Crippen molar-refractivity contribution in [2.24, 2.45) is 0 Å². The van der Waals surface area contributed by atoms with Gasteiger partial charge in [0, 0.05) is 6.42 Å². The molecule has 3 atom stereocenters. The Hall–Kier alpha value is -1.02. The van der Waals surface area contributed by atoms with E-state index in [-0.39, 0.29) is 19.1 Å². The lowest BCUT2D eigenvalue weighted by Gasteiger charge is -2.26. The van der Waals surface area contributed by atoms with Crippen molar-refractivity contribution in [3.8, 4) is 0 Å². The Morgan fingerprint density at radius 3 is 1.15 bits per heavy atom. The van der Waals surface area contributed by atoms with Crippen molar-refractivity contribution in [3.05, 3.63) is 24.3 Å². The van der Waals surface area contributed by atoms with Gasteiger partial charge in [0.25, 0.3) is 0 Å². The first kappa shape index (κ1) is 70.0. The van der Waals surface area contributed by atoms with E-state index in [2.05, 4.69) is 43.5 Å². The van der Waals surface area contributed by atoms with E-state index in [1.807, 2.05) is 21.1 Å². The van der Waals surface area contributed by atoms with Gasteiger partial charge in [0.05, 0.1) is 39.9 Å². The Balaban J connectivity index is 4.02. The third-order valence-electron chi connectivity index (χ3n) is 14.5. The first-order valence-electron chi connectivity index (χ1n) is 31.2. The van der Waals surface area contributed by atoms with Crippen molar-refractivity contribution in [1.82, 2.24) is 5.32 Å². The summed E-state index contributed by atoms with van der Waals surface area (Å²) in [5.74, 6) is -0.138. The van der Waals surface area contributed by atoms with Gasteiger partial charge in [-0.1, -0.05) is 289 Å². The molecule has 0 bridgehead atoms. The van der Waals surface area contributed by atoms with E-state index in [1.54, 1.807) is 0 Å². The number of aliphatic hydroxyl groups excluding tert-OH is 1. The summed E-state index contributed by atoms with van der Waals surface area (Å²) in [6.45, 7) is 4.92. The number of carbonyl (C=O) groups is 1. The van der Waals surface area contributed by atoms with E-state index in [0.717, 1.165) is 44.9 Å². The predicted octanol–water partition coefficient (Wildman–Crippen LogP) is 19.2. The molecular formula is C62H124N2O6P+. The summed E-state index contributed by atoms with van der Waals surface area (Å²) in [5.41, 5.74) is 0. The molecule has 0 aromatic rings. The van der Waals surface area contributed by atoms with Gasteiger partial charge in [-0.25, -0.2) is 4.57 Å². The lowest BCUT2D eigenvalue weighted by atomic mass is 10.0. The van der Waals surface area contributed by atoms with Crippen molar-refractivity contribution < 1.29 is 32.9 Å². The zero-order valence-corrected chi connectivity index (χ0v) is 49.1. The number of phosphoric ester groups is 1. The van der Waals surface area contributed by atoms with Crippen LogP contribution >= 0.6 is 7.82 Å². The van der Waals surface area contributed by atoms with Gasteiger partial charge in [-0.3, -0.25) is 13.8 Å². The number of likely N-dealkylation sites (N-methyl/N-ethyl adjacent to an activating group) is 1. The van der Waals surface area contributed by atoms with Gasteiger partial charge >= 0.3 is 7.82 Å². The summed E-state index contributed by atoms with van der Waals surface area (Å²) >= 11 is 0. The Kier molecular flexibility index (Phi) is 53.0. The van der Waals surface area contributed by atoms with E-state index in [0.29, 0.717) is 23.9 Å². The van der Waals surface area contributed by atoms with Crippen LogP contribution in [0.2, 0.25) is 0 Å². The van der Waals surface area contributed by atoms with Gasteiger partial charge in [-0.15, -0.1) is 0 Å². The minimum atomic E-state index is -4.32. The van der Waals surface area contributed by atoms with Crippen molar-refractivity contribution in [1.29, 1.82) is 0 Å². The number of nitrogens with one attached hydrogen (secondary N) is 1. The molecule has 3 N–H and O–H groups in total. The third kappa shape index (κ3) is 56.5. The molecule has 0 aromatic heterocycles. The number of aliphatic hydroxyl groups is 1. The molecule has 0 saturated heterocycles. The van der Waals surface area contributed by atoms with E-state index >= 15 is 0 Å². The van der Waals surface area contributed by atoms with Crippen LogP contribution in [-0.4, -0.2) is 73.4 Å². The average molecular weight is 1020 g/mol. The van der Waals surface area contributed by atoms with Gasteiger partial charge < -0.3 is 19.8 Å². The average Bonchev–Trinajstić information content (AvgIpc) is 3.33. The van der Waals surface area contributed by atoms with Crippen LogP contribution in [0.1, 0.15) is 316 Å². The molecule has 0 heterocycles. The molecule has 0 aliphatic rings. The number of hydrogen-bond donors (Lipinski definition) is 3. The van der Waals surface area contributed by atoms with Crippen molar-refractivity contribution in [2.75, 3.05) is 40.9 Å². The lowest BCUT2D eigenvalue weighted by Crippen LogP contribution is -2.46. The van der Waals surface area contributed by atoms with Crippen LogP contribution in [0.25, 0.3) is 0 Å². The molecule has 0 rings (SSSR count). The molecule has 1 amide bonds. The number of allylic oxidation sites excluding steroid dienone is 4. The van der Waals surface area contributed by atoms with E-state index in [9.17, 15) is 19.4 Å². The predicted molar refractivity (Wildman–Crippen MR) is 309 cm³/mol. The first-order chi connectivity index (χ1) is 34.5. The fourth-order valence-corrected chi connectivity index (χ4v) is 10.3. The minimum absolute atomic E-state index is 0.0773. The second kappa shape index (κ2) is 53.8. The number of quaternary nitrogens is 1. The van der Waals surface area contributed by atoms with Crippen LogP contribution in [0.5, 0.6) is 0 Å². The summed E-state index contributed by atoms with van der Waals surface area (Å²) in [6, 6.07) is -0.758. The fourth-order valence-electron chi connectivity index (χ4n) is 9.55. The number of unbranched alkanes of at least 4 members (excludes halogenated alkanes) is 41. The second-order valence-electron chi connectivity index (χ2n) is 22.8. The molecule has 0 radical (unpaired) electrons. The van der Waals surface area contributed by atoms with Crippen molar-refractivity contribution in [3.63, 3.8) is 0 Å². The molecule has 0 fully saturated rings. The van der Waals surface area contributed by atoms with Gasteiger partial charge in [-0.05, 0) is 44.9 Å². The Bertz CT molecular complexity index is 1210. The summed E-state index contributed by atoms with van der Waals surface area (Å²) in [4.78, 5) is 23.4. The van der Waals surface area contributed by atoms with Crippen LogP contribution in [0.4, 0.5) is 0 Å². The zero-order chi connectivity index (χ0) is 52.0. The highest BCUT2D eigenvalue weighted by atomic mass is 31.2. The Morgan fingerprint density at radius 2 is 0.803 bits per heavy atom. The molecule has 0 aromatic carbocycles. The van der Waals surface area contributed by atoms with Crippen LogP contribution in [-0.2, 0) is 18.4 Å². The number of hydrogen-bond acceptors (Lipinski definition) is 5. The topological polar surface area (TPSA) is 105 Å². The largest absolute Gasteiger partial charge is 0.472 e. The SMILES string of the molecule is CCCCCCC/C=C\C/C=C\CCCCCCCCCCCCCCCCCCCCCC(=O)NC(COP(=O)(O)OCC[N+](C)(C)C)C(O)CCCCCCCCCCCCCCCCCCCC. The highest BCUT2D eigenvalue weighted by molar-refractivity contribution is 7.47. The number of carbonyl (C=O) groups excluding carboxylic acids is 1.